The van der Waals surface area contributed by atoms with E-state index < -0.39 is 0 Å². The van der Waals surface area contributed by atoms with Gasteiger partial charge in [-0.15, -0.1) is 0 Å². The first-order chi connectivity index (χ1) is 8.70. The SMILES string of the molecule is CCCc1cccc(C(N)c2cccc(Br)c2)c1. The number of rotatable bonds is 4. The van der Waals surface area contributed by atoms with Gasteiger partial charge in [-0.25, -0.2) is 0 Å². The van der Waals surface area contributed by atoms with E-state index in [0.717, 1.165) is 22.9 Å². The zero-order valence-corrected chi connectivity index (χ0v) is 12.2. The Balaban J connectivity index is 2.27. The van der Waals surface area contributed by atoms with Gasteiger partial charge in [-0.05, 0) is 35.2 Å². The molecule has 0 radical (unpaired) electrons. The van der Waals surface area contributed by atoms with Crippen molar-refractivity contribution in [3.05, 3.63) is 69.7 Å². The summed E-state index contributed by atoms with van der Waals surface area (Å²) < 4.78 is 1.07. The summed E-state index contributed by atoms with van der Waals surface area (Å²) in [5, 5.41) is 0. The lowest BCUT2D eigenvalue weighted by Gasteiger charge is -2.14. The van der Waals surface area contributed by atoms with Crippen LogP contribution in [0.15, 0.2) is 53.0 Å². The number of hydrogen-bond acceptors (Lipinski definition) is 1. The van der Waals surface area contributed by atoms with Crippen molar-refractivity contribution in [2.45, 2.75) is 25.8 Å². The van der Waals surface area contributed by atoms with Crippen LogP contribution in [-0.4, -0.2) is 0 Å². The Morgan fingerprint density at radius 2 is 1.72 bits per heavy atom. The highest BCUT2D eigenvalue weighted by Gasteiger charge is 2.09. The maximum atomic E-state index is 6.33. The lowest BCUT2D eigenvalue weighted by Crippen LogP contribution is -2.12. The van der Waals surface area contributed by atoms with Crippen molar-refractivity contribution in [1.29, 1.82) is 0 Å². The highest BCUT2D eigenvalue weighted by Crippen LogP contribution is 2.23. The summed E-state index contributed by atoms with van der Waals surface area (Å²) in [4.78, 5) is 0. The molecule has 0 amide bonds. The van der Waals surface area contributed by atoms with E-state index in [9.17, 15) is 0 Å². The summed E-state index contributed by atoms with van der Waals surface area (Å²) in [6, 6.07) is 16.7. The van der Waals surface area contributed by atoms with Crippen molar-refractivity contribution in [2.24, 2.45) is 5.73 Å². The van der Waals surface area contributed by atoms with Gasteiger partial charge in [0, 0.05) is 4.47 Å². The number of benzene rings is 2. The fraction of sp³-hybridized carbons (Fsp3) is 0.250. The predicted molar refractivity (Wildman–Crippen MR) is 80.6 cm³/mol. The van der Waals surface area contributed by atoms with Crippen LogP contribution in [0.2, 0.25) is 0 Å². The first-order valence-electron chi connectivity index (χ1n) is 6.30. The van der Waals surface area contributed by atoms with Gasteiger partial charge in [0.25, 0.3) is 0 Å². The van der Waals surface area contributed by atoms with Gasteiger partial charge in [-0.2, -0.15) is 0 Å². The van der Waals surface area contributed by atoms with Crippen LogP contribution in [0.5, 0.6) is 0 Å². The van der Waals surface area contributed by atoms with Crippen LogP contribution in [0.1, 0.15) is 36.1 Å². The Hall–Kier alpha value is -1.12. The Morgan fingerprint density at radius 3 is 2.39 bits per heavy atom. The molecule has 0 heterocycles. The topological polar surface area (TPSA) is 26.0 Å². The summed E-state index contributed by atoms with van der Waals surface area (Å²) in [6.07, 6.45) is 2.27. The van der Waals surface area contributed by atoms with Crippen LogP contribution in [0.4, 0.5) is 0 Å². The molecule has 2 rings (SSSR count). The van der Waals surface area contributed by atoms with Crippen LogP contribution in [0, 0.1) is 0 Å². The van der Waals surface area contributed by atoms with Crippen LogP contribution in [-0.2, 0) is 6.42 Å². The number of aryl methyl sites for hydroxylation is 1. The van der Waals surface area contributed by atoms with E-state index in [1.54, 1.807) is 0 Å². The molecule has 0 aliphatic heterocycles. The number of halogens is 1. The van der Waals surface area contributed by atoms with Crippen molar-refractivity contribution in [2.75, 3.05) is 0 Å². The van der Waals surface area contributed by atoms with Gasteiger partial charge < -0.3 is 5.73 Å². The monoisotopic (exact) mass is 303 g/mol. The largest absolute Gasteiger partial charge is 0.320 e. The van der Waals surface area contributed by atoms with Crippen molar-refractivity contribution >= 4 is 15.9 Å². The predicted octanol–water partition coefficient (Wildman–Crippen LogP) is 4.45. The molecule has 2 heteroatoms. The molecule has 1 unspecified atom stereocenters. The Bertz CT molecular complexity index is 522. The fourth-order valence-electron chi connectivity index (χ4n) is 2.12. The third kappa shape index (κ3) is 3.21. The van der Waals surface area contributed by atoms with Crippen LogP contribution < -0.4 is 5.73 Å². The third-order valence-electron chi connectivity index (χ3n) is 3.06. The Kier molecular flexibility index (Phi) is 4.56. The standard InChI is InChI=1S/C16H18BrN/c1-2-5-12-6-3-7-13(10-12)16(18)14-8-4-9-15(17)11-14/h3-4,6-11,16H,2,5,18H2,1H3. The van der Waals surface area contributed by atoms with Gasteiger partial charge in [0.2, 0.25) is 0 Å². The normalized spacial score (nSPS) is 12.4. The van der Waals surface area contributed by atoms with E-state index in [4.69, 9.17) is 5.73 Å². The molecule has 0 aliphatic carbocycles. The summed E-state index contributed by atoms with van der Waals surface area (Å²) >= 11 is 3.49. The zero-order chi connectivity index (χ0) is 13.0. The molecular formula is C16H18BrN. The molecule has 0 aromatic heterocycles. The third-order valence-corrected chi connectivity index (χ3v) is 3.55. The molecule has 2 N–H and O–H groups in total. The van der Waals surface area contributed by atoms with E-state index in [2.05, 4.69) is 59.3 Å². The minimum absolute atomic E-state index is 0.0562. The van der Waals surface area contributed by atoms with Gasteiger partial charge in [0.15, 0.2) is 0 Å². The molecule has 0 fully saturated rings. The quantitative estimate of drug-likeness (QED) is 0.887. The Morgan fingerprint density at radius 1 is 1.06 bits per heavy atom. The molecule has 1 nitrogen and oxygen atoms in total. The fourth-order valence-corrected chi connectivity index (χ4v) is 2.54. The highest BCUT2D eigenvalue weighted by atomic mass is 79.9. The average Bonchev–Trinajstić information content (AvgIpc) is 2.39. The van der Waals surface area contributed by atoms with E-state index in [1.165, 1.54) is 11.1 Å². The van der Waals surface area contributed by atoms with E-state index in [0.29, 0.717) is 0 Å². The molecular weight excluding hydrogens is 286 g/mol. The van der Waals surface area contributed by atoms with Gasteiger partial charge in [0.05, 0.1) is 6.04 Å². The van der Waals surface area contributed by atoms with Crippen molar-refractivity contribution in [3.63, 3.8) is 0 Å². The molecule has 18 heavy (non-hydrogen) atoms. The molecule has 2 aromatic rings. The molecule has 0 bridgehead atoms. The summed E-state index contributed by atoms with van der Waals surface area (Å²) in [6.45, 7) is 2.20. The van der Waals surface area contributed by atoms with E-state index in [-0.39, 0.29) is 6.04 Å². The maximum absolute atomic E-state index is 6.33. The number of hydrogen-bond donors (Lipinski definition) is 1. The van der Waals surface area contributed by atoms with Gasteiger partial charge in [-0.1, -0.05) is 65.7 Å². The van der Waals surface area contributed by atoms with Crippen LogP contribution in [0.25, 0.3) is 0 Å². The number of nitrogens with two attached hydrogens (primary N) is 1. The summed E-state index contributed by atoms with van der Waals surface area (Å²) in [5.74, 6) is 0. The van der Waals surface area contributed by atoms with E-state index >= 15 is 0 Å². The lowest BCUT2D eigenvalue weighted by molar-refractivity contribution is 0.858. The second-order valence-electron chi connectivity index (χ2n) is 4.53. The minimum atomic E-state index is -0.0562. The average molecular weight is 304 g/mol. The van der Waals surface area contributed by atoms with Crippen LogP contribution >= 0.6 is 15.9 Å². The zero-order valence-electron chi connectivity index (χ0n) is 10.6. The summed E-state index contributed by atoms with van der Waals surface area (Å²) in [5.41, 5.74) is 10.0. The lowest BCUT2D eigenvalue weighted by atomic mass is 9.97. The Labute approximate surface area is 117 Å². The maximum Gasteiger partial charge on any atom is 0.0552 e. The molecule has 0 spiro atoms. The highest BCUT2D eigenvalue weighted by molar-refractivity contribution is 9.10. The van der Waals surface area contributed by atoms with Crippen molar-refractivity contribution in [1.82, 2.24) is 0 Å². The van der Waals surface area contributed by atoms with Crippen molar-refractivity contribution in [3.8, 4) is 0 Å². The van der Waals surface area contributed by atoms with E-state index in [1.807, 2.05) is 12.1 Å². The molecule has 0 aliphatic rings. The molecule has 0 saturated carbocycles. The smallest absolute Gasteiger partial charge is 0.0552 e. The van der Waals surface area contributed by atoms with Crippen molar-refractivity contribution < 1.29 is 0 Å². The van der Waals surface area contributed by atoms with Crippen LogP contribution in [0.3, 0.4) is 0 Å². The summed E-state index contributed by atoms with van der Waals surface area (Å²) in [7, 11) is 0. The molecule has 0 saturated heterocycles. The first kappa shape index (κ1) is 13.3. The molecule has 2 aromatic carbocycles. The minimum Gasteiger partial charge on any atom is -0.320 e. The van der Waals surface area contributed by atoms with Gasteiger partial charge >= 0.3 is 0 Å². The second-order valence-corrected chi connectivity index (χ2v) is 5.44. The molecule has 1 atom stereocenters. The second kappa shape index (κ2) is 6.17. The molecule has 94 valence electrons. The van der Waals surface area contributed by atoms with Gasteiger partial charge in [-0.3, -0.25) is 0 Å². The van der Waals surface area contributed by atoms with Gasteiger partial charge in [0.1, 0.15) is 0 Å². The first-order valence-corrected chi connectivity index (χ1v) is 7.10.